The fraction of sp³-hybridized carbons (Fsp3) is 0.429. The monoisotopic (exact) mass is 510 g/mol. The number of methoxy groups -OCH3 is 1. The molecule has 1 aliphatic heterocycles. The Labute approximate surface area is 217 Å². The first-order chi connectivity index (χ1) is 17.6. The molecule has 0 aliphatic carbocycles. The van der Waals surface area contributed by atoms with Gasteiger partial charge >= 0.3 is 18.0 Å². The van der Waals surface area contributed by atoms with Gasteiger partial charge in [0.05, 0.1) is 7.11 Å². The largest absolute Gasteiger partial charge is 0.468 e. The average Bonchev–Trinajstić information content (AvgIpc) is 2.87. The van der Waals surface area contributed by atoms with Gasteiger partial charge in [-0.05, 0) is 69.9 Å². The van der Waals surface area contributed by atoms with Gasteiger partial charge in [0.2, 0.25) is 0 Å². The Morgan fingerprint density at radius 3 is 2.30 bits per heavy atom. The van der Waals surface area contributed by atoms with Crippen molar-refractivity contribution in [1.82, 2.24) is 10.2 Å². The lowest BCUT2D eigenvalue weighted by Gasteiger charge is -2.39. The van der Waals surface area contributed by atoms with Crippen LogP contribution in [0.2, 0.25) is 0 Å². The van der Waals surface area contributed by atoms with Crippen LogP contribution in [0.5, 0.6) is 5.75 Å². The lowest BCUT2D eigenvalue weighted by molar-refractivity contribution is -0.144. The number of hydrogen-bond donors (Lipinski definition) is 1. The first-order valence-electron chi connectivity index (χ1n) is 12.3. The van der Waals surface area contributed by atoms with Crippen LogP contribution in [0.4, 0.5) is 4.79 Å². The van der Waals surface area contributed by atoms with E-state index < -0.39 is 23.6 Å². The summed E-state index contributed by atoms with van der Waals surface area (Å²) < 4.78 is 15.4. The van der Waals surface area contributed by atoms with Crippen LogP contribution in [-0.4, -0.2) is 60.7 Å². The van der Waals surface area contributed by atoms with Gasteiger partial charge in [-0.15, -0.1) is 0 Å². The predicted molar refractivity (Wildman–Crippen MR) is 136 cm³/mol. The van der Waals surface area contributed by atoms with Crippen LogP contribution in [0.1, 0.15) is 61.9 Å². The first kappa shape index (κ1) is 27.7. The standard InChI is InChI=1S/C28H34N2O7/c1-28(2,3)37-27(34)29-18-23(31)36-21-15-13-20(14-16-21)25(32)30-17-9-8-12-22(30)24(26(33)35-4)19-10-6-5-7-11-19/h5-7,10-11,13-16,22,24H,8-9,12,17-18H2,1-4H3,(H,29,34). The second-order valence-electron chi connectivity index (χ2n) is 9.83. The maximum absolute atomic E-state index is 13.5. The highest BCUT2D eigenvalue weighted by Gasteiger charge is 2.38. The number of alkyl carbamates (subject to hydrolysis) is 1. The molecular weight excluding hydrogens is 476 g/mol. The number of carbonyl (C=O) groups excluding carboxylic acids is 4. The summed E-state index contributed by atoms with van der Waals surface area (Å²) in [4.78, 5) is 51.8. The first-order valence-corrected chi connectivity index (χ1v) is 12.3. The van der Waals surface area contributed by atoms with Crippen molar-refractivity contribution in [2.75, 3.05) is 20.2 Å². The molecule has 0 saturated carbocycles. The summed E-state index contributed by atoms with van der Waals surface area (Å²) >= 11 is 0. The van der Waals surface area contributed by atoms with Crippen LogP contribution in [-0.2, 0) is 19.1 Å². The Kier molecular flexibility index (Phi) is 9.27. The lowest BCUT2D eigenvalue weighted by Crippen LogP contribution is -2.48. The van der Waals surface area contributed by atoms with Gasteiger partial charge in [0, 0.05) is 18.2 Å². The third kappa shape index (κ3) is 7.80. The fourth-order valence-corrected chi connectivity index (χ4v) is 4.32. The van der Waals surface area contributed by atoms with Crippen molar-refractivity contribution >= 4 is 23.9 Å². The molecule has 0 spiro atoms. The highest BCUT2D eigenvalue weighted by Crippen LogP contribution is 2.33. The number of piperidine rings is 1. The Balaban J connectivity index is 1.67. The minimum atomic E-state index is -0.720. The van der Waals surface area contributed by atoms with Gasteiger partial charge in [0.1, 0.15) is 23.8 Å². The van der Waals surface area contributed by atoms with Crippen LogP contribution in [0, 0.1) is 0 Å². The maximum atomic E-state index is 13.5. The van der Waals surface area contributed by atoms with E-state index in [2.05, 4.69) is 5.32 Å². The van der Waals surface area contributed by atoms with Gasteiger partial charge < -0.3 is 24.4 Å². The van der Waals surface area contributed by atoms with E-state index in [0.29, 0.717) is 18.5 Å². The number of amides is 2. The van der Waals surface area contributed by atoms with E-state index in [9.17, 15) is 19.2 Å². The molecule has 198 valence electrons. The third-order valence-electron chi connectivity index (χ3n) is 5.92. The number of rotatable bonds is 7. The second-order valence-corrected chi connectivity index (χ2v) is 9.83. The minimum absolute atomic E-state index is 0.209. The van der Waals surface area contributed by atoms with Crippen molar-refractivity contribution in [3.63, 3.8) is 0 Å². The summed E-state index contributed by atoms with van der Waals surface area (Å²) in [5.74, 6) is -1.62. The molecule has 1 heterocycles. The van der Waals surface area contributed by atoms with Crippen LogP contribution in [0.25, 0.3) is 0 Å². The smallest absolute Gasteiger partial charge is 0.408 e. The number of nitrogens with zero attached hydrogens (tertiary/aromatic N) is 1. The van der Waals surface area contributed by atoms with E-state index in [1.165, 1.54) is 19.2 Å². The van der Waals surface area contributed by atoms with Crippen molar-refractivity contribution in [3.05, 3.63) is 65.7 Å². The summed E-state index contributed by atoms with van der Waals surface area (Å²) in [6.45, 7) is 5.32. The maximum Gasteiger partial charge on any atom is 0.408 e. The molecule has 2 atom stereocenters. The zero-order valence-electron chi connectivity index (χ0n) is 21.7. The van der Waals surface area contributed by atoms with Gasteiger partial charge in [0.15, 0.2) is 0 Å². The van der Waals surface area contributed by atoms with E-state index in [1.54, 1.807) is 37.8 Å². The quantitative estimate of drug-likeness (QED) is 0.442. The number of likely N-dealkylation sites (tertiary alicyclic amines) is 1. The molecule has 1 aliphatic rings. The topological polar surface area (TPSA) is 111 Å². The molecule has 9 heteroatoms. The molecule has 37 heavy (non-hydrogen) atoms. The molecule has 2 unspecified atom stereocenters. The van der Waals surface area contributed by atoms with Crippen molar-refractivity contribution in [1.29, 1.82) is 0 Å². The molecule has 2 amide bonds. The number of nitrogens with one attached hydrogen (secondary N) is 1. The van der Waals surface area contributed by atoms with E-state index in [1.807, 2.05) is 30.3 Å². The van der Waals surface area contributed by atoms with E-state index in [4.69, 9.17) is 14.2 Å². The number of esters is 2. The Hall–Kier alpha value is -3.88. The molecule has 9 nitrogen and oxygen atoms in total. The van der Waals surface area contributed by atoms with Gasteiger partial charge in [-0.25, -0.2) is 9.59 Å². The zero-order chi connectivity index (χ0) is 27.0. The van der Waals surface area contributed by atoms with Gasteiger partial charge in [-0.2, -0.15) is 0 Å². The third-order valence-corrected chi connectivity index (χ3v) is 5.92. The molecule has 1 fully saturated rings. The highest BCUT2D eigenvalue weighted by molar-refractivity contribution is 5.95. The average molecular weight is 511 g/mol. The molecule has 0 radical (unpaired) electrons. The molecule has 1 saturated heterocycles. The molecule has 1 N–H and O–H groups in total. The summed E-state index contributed by atoms with van der Waals surface area (Å²) in [7, 11) is 1.36. The predicted octanol–water partition coefficient (Wildman–Crippen LogP) is 4.07. The van der Waals surface area contributed by atoms with Gasteiger partial charge in [0.25, 0.3) is 5.91 Å². The van der Waals surface area contributed by atoms with Gasteiger partial charge in [-0.1, -0.05) is 30.3 Å². The Morgan fingerprint density at radius 1 is 1.00 bits per heavy atom. The zero-order valence-corrected chi connectivity index (χ0v) is 21.7. The summed E-state index contributed by atoms with van der Waals surface area (Å²) in [5.41, 5.74) is 0.540. The van der Waals surface area contributed by atoms with E-state index >= 15 is 0 Å². The van der Waals surface area contributed by atoms with E-state index in [-0.39, 0.29) is 30.2 Å². The van der Waals surface area contributed by atoms with Crippen LogP contribution in [0.15, 0.2) is 54.6 Å². The van der Waals surface area contributed by atoms with Crippen LogP contribution < -0.4 is 10.1 Å². The molecule has 2 aromatic carbocycles. The lowest BCUT2D eigenvalue weighted by atomic mass is 9.84. The number of ether oxygens (including phenoxy) is 3. The van der Waals surface area contributed by atoms with Crippen molar-refractivity contribution < 1.29 is 33.4 Å². The number of carbonyl (C=O) groups is 4. The summed E-state index contributed by atoms with van der Waals surface area (Å²) in [6.07, 6.45) is 1.70. The molecule has 0 aromatic heterocycles. The van der Waals surface area contributed by atoms with Crippen molar-refractivity contribution in [3.8, 4) is 5.75 Å². The SMILES string of the molecule is COC(=O)C(c1ccccc1)C1CCCCN1C(=O)c1ccc(OC(=O)CNC(=O)OC(C)(C)C)cc1. The summed E-state index contributed by atoms with van der Waals surface area (Å²) in [5, 5.41) is 2.34. The fourth-order valence-electron chi connectivity index (χ4n) is 4.32. The molecule has 0 bridgehead atoms. The molecular formula is C28H34N2O7. The Bertz CT molecular complexity index is 1090. The van der Waals surface area contributed by atoms with Crippen molar-refractivity contribution in [2.24, 2.45) is 0 Å². The highest BCUT2D eigenvalue weighted by atomic mass is 16.6. The van der Waals surface area contributed by atoms with E-state index in [0.717, 1.165) is 18.4 Å². The molecule has 3 rings (SSSR count). The normalized spacial score (nSPS) is 16.3. The van der Waals surface area contributed by atoms with Crippen LogP contribution in [0.3, 0.4) is 0 Å². The van der Waals surface area contributed by atoms with Crippen molar-refractivity contribution in [2.45, 2.75) is 57.6 Å². The second kappa shape index (κ2) is 12.4. The Morgan fingerprint density at radius 2 is 1.68 bits per heavy atom. The van der Waals surface area contributed by atoms with Crippen LogP contribution >= 0.6 is 0 Å². The number of hydrogen-bond acceptors (Lipinski definition) is 7. The summed E-state index contributed by atoms with van der Waals surface area (Å²) in [6, 6.07) is 15.2. The molecule has 2 aromatic rings. The minimum Gasteiger partial charge on any atom is -0.468 e. The van der Waals surface area contributed by atoms with Gasteiger partial charge in [-0.3, -0.25) is 9.59 Å². The number of benzene rings is 2.